The van der Waals surface area contributed by atoms with E-state index >= 15 is 0 Å². The van der Waals surface area contributed by atoms with Gasteiger partial charge in [-0.25, -0.2) is 0 Å². The van der Waals surface area contributed by atoms with Crippen molar-refractivity contribution >= 4 is 15.9 Å². The van der Waals surface area contributed by atoms with Crippen LogP contribution in [0.15, 0.2) is 24.3 Å². The van der Waals surface area contributed by atoms with Crippen LogP contribution < -0.4 is 0 Å². The molecule has 0 aromatic heterocycles. The molecule has 1 aliphatic carbocycles. The van der Waals surface area contributed by atoms with E-state index in [2.05, 4.69) is 54.0 Å². The molecule has 19 heavy (non-hydrogen) atoms. The molecule has 106 valence electrons. The Morgan fingerprint density at radius 2 is 2.11 bits per heavy atom. The van der Waals surface area contributed by atoms with Gasteiger partial charge < -0.3 is 4.74 Å². The third-order valence-electron chi connectivity index (χ3n) is 4.12. The SMILES string of the molecule is CC(C)COCCC1(CBr)CCCc2ccccc21. The van der Waals surface area contributed by atoms with Crippen LogP contribution in [0, 0.1) is 5.92 Å². The fourth-order valence-corrected chi connectivity index (χ4v) is 3.92. The number of benzene rings is 1. The highest BCUT2D eigenvalue weighted by molar-refractivity contribution is 9.09. The van der Waals surface area contributed by atoms with Gasteiger partial charge in [0.15, 0.2) is 0 Å². The molecular weight excluding hydrogens is 300 g/mol. The molecule has 1 atom stereocenters. The number of fused-ring (bicyclic) bond motifs is 1. The molecule has 0 radical (unpaired) electrons. The summed E-state index contributed by atoms with van der Waals surface area (Å²) in [5.41, 5.74) is 3.37. The quantitative estimate of drug-likeness (QED) is 0.543. The summed E-state index contributed by atoms with van der Waals surface area (Å²) in [6.45, 7) is 6.16. The maximum Gasteiger partial charge on any atom is 0.0488 e. The number of ether oxygens (including phenoxy) is 1. The fourth-order valence-electron chi connectivity index (χ4n) is 3.06. The number of hydrogen-bond donors (Lipinski definition) is 0. The van der Waals surface area contributed by atoms with Crippen LogP contribution in [0.1, 0.15) is 44.2 Å². The minimum Gasteiger partial charge on any atom is -0.381 e. The van der Waals surface area contributed by atoms with Crippen LogP contribution in [0.3, 0.4) is 0 Å². The Morgan fingerprint density at radius 3 is 2.84 bits per heavy atom. The lowest BCUT2D eigenvalue weighted by atomic mass is 9.69. The molecule has 0 fully saturated rings. The van der Waals surface area contributed by atoms with Crippen molar-refractivity contribution in [2.75, 3.05) is 18.5 Å². The summed E-state index contributed by atoms with van der Waals surface area (Å²) in [5.74, 6) is 0.624. The van der Waals surface area contributed by atoms with Gasteiger partial charge in [-0.1, -0.05) is 54.0 Å². The summed E-state index contributed by atoms with van der Waals surface area (Å²) >= 11 is 3.76. The van der Waals surface area contributed by atoms with Gasteiger partial charge in [-0.2, -0.15) is 0 Å². The molecule has 0 saturated carbocycles. The van der Waals surface area contributed by atoms with Gasteiger partial charge in [0.1, 0.15) is 0 Å². The number of aryl methyl sites for hydroxylation is 1. The Kier molecular flexibility index (Phi) is 5.47. The average molecular weight is 325 g/mol. The minimum absolute atomic E-state index is 0.284. The van der Waals surface area contributed by atoms with Crippen molar-refractivity contribution in [2.45, 2.75) is 44.9 Å². The van der Waals surface area contributed by atoms with Gasteiger partial charge in [-0.15, -0.1) is 0 Å². The van der Waals surface area contributed by atoms with Crippen molar-refractivity contribution in [1.82, 2.24) is 0 Å². The second-order valence-electron chi connectivity index (χ2n) is 6.14. The zero-order valence-corrected chi connectivity index (χ0v) is 13.7. The van der Waals surface area contributed by atoms with Crippen LogP contribution in [0.2, 0.25) is 0 Å². The van der Waals surface area contributed by atoms with E-state index in [1.807, 2.05) is 0 Å². The molecule has 1 unspecified atom stereocenters. The van der Waals surface area contributed by atoms with Crippen LogP contribution >= 0.6 is 15.9 Å². The number of halogens is 1. The normalized spacial score (nSPS) is 22.5. The Bertz CT molecular complexity index is 402. The molecule has 0 saturated heterocycles. The Hall–Kier alpha value is -0.340. The number of hydrogen-bond acceptors (Lipinski definition) is 1. The van der Waals surface area contributed by atoms with E-state index in [0.717, 1.165) is 25.0 Å². The molecule has 0 amide bonds. The van der Waals surface area contributed by atoms with E-state index < -0.39 is 0 Å². The number of alkyl halides is 1. The first-order chi connectivity index (χ1) is 9.18. The van der Waals surface area contributed by atoms with Crippen molar-refractivity contribution in [2.24, 2.45) is 5.92 Å². The highest BCUT2D eigenvalue weighted by Crippen LogP contribution is 2.41. The lowest BCUT2D eigenvalue weighted by Crippen LogP contribution is -2.34. The summed E-state index contributed by atoms with van der Waals surface area (Å²) in [6, 6.07) is 8.95. The van der Waals surface area contributed by atoms with Gasteiger partial charge in [0, 0.05) is 24.0 Å². The molecule has 2 rings (SSSR count). The van der Waals surface area contributed by atoms with Crippen molar-refractivity contribution in [1.29, 1.82) is 0 Å². The molecule has 1 aliphatic rings. The Balaban J connectivity index is 2.06. The minimum atomic E-state index is 0.284. The smallest absolute Gasteiger partial charge is 0.0488 e. The van der Waals surface area contributed by atoms with E-state index in [4.69, 9.17) is 4.74 Å². The summed E-state index contributed by atoms with van der Waals surface area (Å²) in [7, 11) is 0. The molecule has 0 bridgehead atoms. The van der Waals surface area contributed by atoms with E-state index in [9.17, 15) is 0 Å². The van der Waals surface area contributed by atoms with E-state index in [1.165, 1.54) is 24.8 Å². The van der Waals surface area contributed by atoms with Crippen LogP contribution in [0.25, 0.3) is 0 Å². The first-order valence-electron chi connectivity index (χ1n) is 7.40. The summed E-state index contributed by atoms with van der Waals surface area (Å²) < 4.78 is 5.82. The molecule has 0 spiro atoms. The van der Waals surface area contributed by atoms with Crippen molar-refractivity contribution in [3.8, 4) is 0 Å². The molecule has 0 heterocycles. The predicted molar refractivity (Wildman–Crippen MR) is 85.1 cm³/mol. The van der Waals surface area contributed by atoms with Crippen molar-refractivity contribution in [3.05, 3.63) is 35.4 Å². The zero-order chi connectivity index (χ0) is 13.7. The molecule has 1 nitrogen and oxygen atoms in total. The zero-order valence-electron chi connectivity index (χ0n) is 12.1. The van der Waals surface area contributed by atoms with Crippen molar-refractivity contribution < 1.29 is 4.74 Å². The first-order valence-corrected chi connectivity index (χ1v) is 8.52. The van der Waals surface area contributed by atoms with Gasteiger partial charge in [0.25, 0.3) is 0 Å². The number of rotatable bonds is 6. The van der Waals surface area contributed by atoms with Crippen LogP contribution in [0.5, 0.6) is 0 Å². The molecule has 0 N–H and O–H groups in total. The van der Waals surface area contributed by atoms with Gasteiger partial charge in [-0.05, 0) is 42.7 Å². The molecule has 1 aromatic carbocycles. The van der Waals surface area contributed by atoms with Gasteiger partial charge in [-0.3, -0.25) is 0 Å². The summed E-state index contributed by atoms with van der Waals surface area (Å²) in [5, 5.41) is 1.04. The van der Waals surface area contributed by atoms with Gasteiger partial charge in [0.05, 0.1) is 0 Å². The fraction of sp³-hybridized carbons (Fsp3) is 0.647. The topological polar surface area (TPSA) is 9.23 Å². The molecular formula is C17H25BrO. The Morgan fingerprint density at radius 1 is 1.32 bits per heavy atom. The standard InChI is InChI=1S/C17H25BrO/c1-14(2)12-19-11-10-17(13-18)9-5-7-15-6-3-4-8-16(15)17/h3-4,6,8,14H,5,7,9-13H2,1-2H3. The molecule has 1 aromatic rings. The summed E-state index contributed by atoms with van der Waals surface area (Å²) in [6.07, 6.45) is 4.94. The van der Waals surface area contributed by atoms with Crippen LogP contribution in [-0.2, 0) is 16.6 Å². The highest BCUT2D eigenvalue weighted by atomic mass is 79.9. The average Bonchev–Trinajstić information content (AvgIpc) is 2.43. The van der Waals surface area contributed by atoms with E-state index in [1.54, 1.807) is 5.56 Å². The lowest BCUT2D eigenvalue weighted by molar-refractivity contribution is 0.0926. The largest absolute Gasteiger partial charge is 0.381 e. The van der Waals surface area contributed by atoms with Crippen molar-refractivity contribution in [3.63, 3.8) is 0 Å². The molecule has 2 heteroatoms. The second kappa shape index (κ2) is 6.90. The second-order valence-corrected chi connectivity index (χ2v) is 6.70. The van der Waals surface area contributed by atoms with Gasteiger partial charge >= 0.3 is 0 Å². The Labute approximate surface area is 125 Å². The maximum atomic E-state index is 5.82. The van der Waals surface area contributed by atoms with Crippen LogP contribution in [-0.4, -0.2) is 18.5 Å². The summed E-state index contributed by atoms with van der Waals surface area (Å²) in [4.78, 5) is 0. The highest BCUT2D eigenvalue weighted by Gasteiger charge is 2.34. The van der Waals surface area contributed by atoms with E-state index in [-0.39, 0.29) is 5.41 Å². The van der Waals surface area contributed by atoms with Gasteiger partial charge in [0.2, 0.25) is 0 Å². The monoisotopic (exact) mass is 324 g/mol. The third kappa shape index (κ3) is 3.61. The maximum absolute atomic E-state index is 5.82. The first kappa shape index (κ1) is 15.1. The predicted octanol–water partition coefficient (Wildman–Crippen LogP) is 4.72. The lowest BCUT2D eigenvalue weighted by Gasteiger charge is -2.38. The van der Waals surface area contributed by atoms with E-state index in [0.29, 0.717) is 5.92 Å². The van der Waals surface area contributed by atoms with Crippen LogP contribution in [0.4, 0.5) is 0 Å². The third-order valence-corrected chi connectivity index (χ3v) is 5.20. The molecule has 0 aliphatic heterocycles.